The third-order valence-electron chi connectivity index (χ3n) is 3.73. The van der Waals surface area contributed by atoms with Gasteiger partial charge in [-0.3, -0.25) is 4.79 Å². The lowest BCUT2D eigenvalue weighted by Gasteiger charge is -2.32. The summed E-state index contributed by atoms with van der Waals surface area (Å²) in [6.45, 7) is 4.28. The highest BCUT2D eigenvalue weighted by atomic mass is 16.5. The average molecular weight is 262 g/mol. The smallest absolute Gasteiger partial charge is 0.253 e. The molecule has 2 rings (SSSR count). The van der Waals surface area contributed by atoms with E-state index in [1.807, 2.05) is 24.0 Å². The molecule has 1 amide bonds. The van der Waals surface area contributed by atoms with Crippen LogP contribution in [0.5, 0.6) is 0 Å². The molecule has 104 valence electrons. The predicted molar refractivity (Wildman–Crippen MR) is 76.1 cm³/mol. The van der Waals surface area contributed by atoms with Gasteiger partial charge in [0.25, 0.3) is 5.91 Å². The Morgan fingerprint density at radius 2 is 2.32 bits per heavy atom. The average Bonchev–Trinajstić information content (AvgIpc) is 2.42. The van der Waals surface area contributed by atoms with Crippen LogP contribution in [0.1, 0.15) is 28.8 Å². The van der Waals surface area contributed by atoms with Gasteiger partial charge in [0.1, 0.15) is 0 Å². The fourth-order valence-electron chi connectivity index (χ4n) is 2.61. The third-order valence-corrected chi connectivity index (χ3v) is 3.73. The molecule has 0 aliphatic carbocycles. The van der Waals surface area contributed by atoms with Crippen molar-refractivity contribution in [3.63, 3.8) is 0 Å². The third kappa shape index (κ3) is 3.26. The monoisotopic (exact) mass is 262 g/mol. The van der Waals surface area contributed by atoms with Crippen LogP contribution in [0.3, 0.4) is 0 Å². The number of benzene rings is 1. The second kappa shape index (κ2) is 6.06. The maximum Gasteiger partial charge on any atom is 0.253 e. The Hall–Kier alpha value is -1.55. The van der Waals surface area contributed by atoms with Gasteiger partial charge in [-0.15, -0.1) is 0 Å². The van der Waals surface area contributed by atoms with Gasteiger partial charge in [0.05, 0.1) is 6.61 Å². The first-order valence-corrected chi connectivity index (χ1v) is 6.76. The van der Waals surface area contributed by atoms with Crippen LogP contribution >= 0.6 is 0 Å². The summed E-state index contributed by atoms with van der Waals surface area (Å²) in [5.41, 5.74) is 8.20. The van der Waals surface area contributed by atoms with E-state index in [9.17, 15) is 4.79 Å². The van der Waals surface area contributed by atoms with Crippen LogP contribution in [0.25, 0.3) is 0 Å². The highest BCUT2D eigenvalue weighted by molar-refractivity contribution is 5.95. The Morgan fingerprint density at radius 1 is 1.53 bits per heavy atom. The number of nitrogen functional groups attached to an aromatic ring is 1. The molecule has 1 heterocycles. The van der Waals surface area contributed by atoms with Crippen molar-refractivity contribution in [2.75, 3.05) is 32.5 Å². The zero-order valence-electron chi connectivity index (χ0n) is 11.7. The van der Waals surface area contributed by atoms with Gasteiger partial charge in [-0.1, -0.05) is 0 Å². The van der Waals surface area contributed by atoms with Gasteiger partial charge in [0.15, 0.2) is 0 Å². The Bertz CT molecular complexity index is 457. The molecule has 1 aromatic carbocycles. The molecule has 1 aliphatic heterocycles. The number of hydrogen-bond acceptors (Lipinski definition) is 3. The van der Waals surface area contributed by atoms with Gasteiger partial charge in [-0.2, -0.15) is 0 Å². The molecule has 2 N–H and O–H groups in total. The number of methoxy groups -OCH3 is 1. The Kier molecular flexibility index (Phi) is 4.43. The van der Waals surface area contributed by atoms with E-state index < -0.39 is 0 Å². The van der Waals surface area contributed by atoms with Crippen molar-refractivity contribution in [1.29, 1.82) is 0 Å². The highest BCUT2D eigenvalue weighted by Gasteiger charge is 2.24. The van der Waals surface area contributed by atoms with Gasteiger partial charge < -0.3 is 15.4 Å². The fourth-order valence-corrected chi connectivity index (χ4v) is 2.61. The lowest BCUT2D eigenvalue weighted by Crippen LogP contribution is -2.41. The van der Waals surface area contributed by atoms with E-state index in [1.165, 1.54) is 0 Å². The number of hydrogen-bond donors (Lipinski definition) is 1. The largest absolute Gasteiger partial charge is 0.399 e. The number of aryl methyl sites for hydroxylation is 1. The van der Waals surface area contributed by atoms with E-state index >= 15 is 0 Å². The predicted octanol–water partition coefficient (Wildman–Crippen LogP) is 2.08. The Morgan fingerprint density at radius 3 is 3.00 bits per heavy atom. The Balaban J connectivity index is 2.08. The highest BCUT2D eigenvalue weighted by Crippen LogP contribution is 2.20. The first-order chi connectivity index (χ1) is 9.11. The summed E-state index contributed by atoms with van der Waals surface area (Å²) < 4.78 is 5.20. The van der Waals surface area contributed by atoms with Crippen molar-refractivity contribution in [1.82, 2.24) is 4.90 Å². The van der Waals surface area contributed by atoms with E-state index in [1.54, 1.807) is 13.2 Å². The van der Waals surface area contributed by atoms with Gasteiger partial charge >= 0.3 is 0 Å². The lowest BCUT2D eigenvalue weighted by atomic mass is 9.98. The van der Waals surface area contributed by atoms with Gasteiger partial charge in [0, 0.05) is 31.5 Å². The van der Waals surface area contributed by atoms with Crippen molar-refractivity contribution in [3.05, 3.63) is 29.3 Å². The SMILES string of the molecule is COCC1CCCN(C(=O)c2ccc(N)c(C)c2)C1. The van der Waals surface area contributed by atoms with E-state index in [0.29, 0.717) is 5.92 Å². The summed E-state index contributed by atoms with van der Waals surface area (Å²) in [6, 6.07) is 5.49. The first kappa shape index (κ1) is 13.9. The number of piperidine rings is 1. The molecule has 4 nitrogen and oxygen atoms in total. The van der Waals surface area contributed by atoms with E-state index in [2.05, 4.69) is 0 Å². The number of nitrogens with two attached hydrogens (primary N) is 1. The van der Waals surface area contributed by atoms with Gasteiger partial charge in [0.2, 0.25) is 0 Å². The molecule has 0 saturated carbocycles. The molecule has 0 radical (unpaired) electrons. The van der Waals surface area contributed by atoms with Crippen LogP contribution in [-0.4, -0.2) is 37.6 Å². The summed E-state index contributed by atoms with van der Waals surface area (Å²) in [7, 11) is 1.71. The lowest BCUT2D eigenvalue weighted by molar-refractivity contribution is 0.0571. The molecule has 0 bridgehead atoms. The summed E-state index contributed by atoms with van der Waals surface area (Å²) in [4.78, 5) is 14.4. The fraction of sp³-hybridized carbons (Fsp3) is 0.533. The number of likely N-dealkylation sites (tertiary alicyclic amines) is 1. The number of nitrogens with zero attached hydrogens (tertiary/aromatic N) is 1. The molecule has 19 heavy (non-hydrogen) atoms. The molecule has 1 atom stereocenters. The molecule has 1 aliphatic rings. The second-order valence-corrected chi connectivity index (χ2v) is 5.29. The molecule has 1 saturated heterocycles. The van der Waals surface area contributed by atoms with Crippen LogP contribution in [-0.2, 0) is 4.74 Å². The van der Waals surface area contributed by atoms with Crippen LogP contribution in [0.4, 0.5) is 5.69 Å². The van der Waals surface area contributed by atoms with Crippen LogP contribution in [0.15, 0.2) is 18.2 Å². The summed E-state index contributed by atoms with van der Waals surface area (Å²) in [5, 5.41) is 0. The quantitative estimate of drug-likeness (QED) is 0.848. The normalized spacial score (nSPS) is 19.5. The summed E-state index contributed by atoms with van der Waals surface area (Å²) >= 11 is 0. The van der Waals surface area contributed by atoms with Crippen LogP contribution in [0, 0.1) is 12.8 Å². The molecular weight excluding hydrogens is 240 g/mol. The van der Waals surface area contributed by atoms with Crippen molar-refractivity contribution < 1.29 is 9.53 Å². The summed E-state index contributed by atoms with van der Waals surface area (Å²) in [6.07, 6.45) is 2.19. The maximum atomic E-state index is 12.5. The topological polar surface area (TPSA) is 55.6 Å². The van der Waals surface area contributed by atoms with Crippen LogP contribution < -0.4 is 5.73 Å². The summed E-state index contributed by atoms with van der Waals surface area (Å²) in [5.74, 6) is 0.557. The zero-order valence-corrected chi connectivity index (χ0v) is 11.7. The molecule has 0 spiro atoms. The van der Waals surface area contributed by atoms with Crippen molar-refractivity contribution in [2.45, 2.75) is 19.8 Å². The molecule has 1 fully saturated rings. The first-order valence-electron chi connectivity index (χ1n) is 6.76. The molecular formula is C15H22N2O2. The molecule has 0 aromatic heterocycles. The number of rotatable bonds is 3. The minimum atomic E-state index is 0.101. The number of amides is 1. The maximum absolute atomic E-state index is 12.5. The second-order valence-electron chi connectivity index (χ2n) is 5.29. The van der Waals surface area contributed by atoms with E-state index in [4.69, 9.17) is 10.5 Å². The number of ether oxygens (including phenoxy) is 1. The minimum absolute atomic E-state index is 0.101. The number of carbonyl (C=O) groups is 1. The number of carbonyl (C=O) groups excluding carboxylic acids is 1. The number of anilines is 1. The van der Waals surface area contributed by atoms with Crippen molar-refractivity contribution >= 4 is 11.6 Å². The van der Waals surface area contributed by atoms with Crippen molar-refractivity contribution in [3.8, 4) is 0 Å². The molecule has 1 unspecified atom stereocenters. The zero-order chi connectivity index (χ0) is 13.8. The molecule has 4 heteroatoms. The van der Waals surface area contributed by atoms with Crippen LogP contribution in [0.2, 0.25) is 0 Å². The van der Waals surface area contributed by atoms with E-state index in [0.717, 1.165) is 49.4 Å². The van der Waals surface area contributed by atoms with Gasteiger partial charge in [-0.05, 0) is 49.4 Å². The standard InChI is InChI=1S/C15H22N2O2/c1-11-8-13(5-6-14(11)16)15(18)17-7-3-4-12(9-17)10-19-2/h5-6,8,12H,3-4,7,9-10,16H2,1-2H3. The Labute approximate surface area is 114 Å². The van der Waals surface area contributed by atoms with E-state index in [-0.39, 0.29) is 5.91 Å². The minimum Gasteiger partial charge on any atom is -0.399 e. The van der Waals surface area contributed by atoms with Crippen molar-refractivity contribution in [2.24, 2.45) is 5.92 Å². The van der Waals surface area contributed by atoms with Gasteiger partial charge in [-0.25, -0.2) is 0 Å². The molecule has 1 aromatic rings.